The molecule has 0 atom stereocenters. The second-order valence-electron chi connectivity index (χ2n) is 6.93. The van der Waals surface area contributed by atoms with E-state index < -0.39 is 0 Å². The van der Waals surface area contributed by atoms with Crippen molar-refractivity contribution in [2.75, 3.05) is 0 Å². The summed E-state index contributed by atoms with van der Waals surface area (Å²) in [7, 11) is 0. The van der Waals surface area contributed by atoms with E-state index in [-0.39, 0.29) is 0 Å². The topological polar surface area (TPSA) is 12.9 Å². The van der Waals surface area contributed by atoms with Crippen LogP contribution >= 0.6 is 22.7 Å². The summed E-state index contributed by atoms with van der Waals surface area (Å²) >= 11 is 3.68. The van der Waals surface area contributed by atoms with Crippen molar-refractivity contribution in [2.45, 2.75) is 47.0 Å². The molecule has 25 heavy (non-hydrogen) atoms. The van der Waals surface area contributed by atoms with Crippen molar-refractivity contribution in [3.63, 3.8) is 0 Å². The van der Waals surface area contributed by atoms with Gasteiger partial charge in [0.2, 0.25) is 0 Å². The van der Waals surface area contributed by atoms with Crippen molar-refractivity contribution in [3.05, 3.63) is 61.8 Å². The maximum absolute atomic E-state index is 5.16. The second-order valence-corrected chi connectivity index (χ2v) is 9.34. The quantitative estimate of drug-likeness (QED) is 0.478. The minimum absolute atomic E-state index is 1.14. The fourth-order valence-corrected chi connectivity index (χ4v) is 5.68. The lowest BCUT2D eigenvalue weighted by molar-refractivity contribution is 0.937. The zero-order chi connectivity index (χ0) is 17.6. The van der Waals surface area contributed by atoms with Gasteiger partial charge in [-0.2, -0.15) is 0 Å². The zero-order valence-electron chi connectivity index (χ0n) is 15.3. The van der Waals surface area contributed by atoms with E-state index >= 15 is 0 Å². The van der Waals surface area contributed by atoms with E-state index in [4.69, 9.17) is 4.98 Å². The van der Waals surface area contributed by atoms with E-state index in [9.17, 15) is 0 Å². The maximum Gasteiger partial charge on any atom is 0.0838 e. The van der Waals surface area contributed by atoms with Gasteiger partial charge in [0, 0.05) is 9.75 Å². The molecule has 0 saturated heterocycles. The molecule has 1 aliphatic carbocycles. The van der Waals surface area contributed by atoms with Gasteiger partial charge >= 0.3 is 0 Å². The molecule has 3 heterocycles. The molecule has 0 bridgehead atoms. The summed E-state index contributed by atoms with van der Waals surface area (Å²) in [6.45, 7) is 8.85. The van der Waals surface area contributed by atoms with Gasteiger partial charge in [-0.15, -0.1) is 22.7 Å². The highest BCUT2D eigenvalue weighted by atomic mass is 32.1. The van der Waals surface area contributed by atoms with Crippen LogP contribution in [0.3, 0.4) is 0 Å². The molecule has 3 aromatic heterocycles. The predicted molar refractivity (Wildman–Crippen MR) is 111 cm³/mol. The molecule has 4 rings (SSSR count). The van der Waals surface area contributed by atoms with Gasteiger partial charge in [-0.1, -0.05) is 12.1 Å². The molecular formula is C22H23NS2. The summed E-state index contributed by atoms with van der Waals surface area (Å²) in [5, 5.41) is 2.13. The van der Waals surface area contributed by atoms with Crippen LogP contribution in [0.25, 0.3) is 21.7 Å². The first kappa shape index (κ1) is 16.7. The first-order valence-electron chi connectivity index (χ1n) is 8.86. The Kier molecular flexibility index (Phi) is 4.38. The lowest BCUT2D eigenvalue weighted by atomic mass is 9.97. The van der Waals surface area contributed by atoms with Crippen LogP contribution in [0.5, 0.6) is 0 Å². The maximum atomic E-state index is 5.16. The lowest BCUT2D eigenvalue weighted by Gasteiger charge is -2.13. The summed E-state index contributed by atoms with van der Waals surface area (Å²) in [4.78, 5) is 9.27. The number of thiophene rings is 2. The molecule has 1 aliphatic rings. The van der Waals surface area contributed by atoms with E-state index in [0.717, 1.165) is 12.1 Å². The van der Waals surface area contributed by atoms with E-state index in [0.29, 0.717) is 0 Å². The summed E-state index contributed by atoms with van der Waals surface area (Å²) < 4.78 is 0. The molecule has 0 radical (unpaired) electrons. The molecule has 0 N–H and O–H groups in total. The smallest absolute Gasteiger partial charge is 0.0838 e. The summed E-state index contributed by atoms with van der Waals surface area (Å²) in [6, 6.07) is 8.96. The fraction of sp³-hybridized carbons (Fsp3) is 0.318. The number of rotatable bonds is 3. The van der Waals surface area contributed by atoms with Gasteiger partial charge in [-0.05, 0) is 92.3 Å². The normalized spacial score (nSPS) is 14.6. The number of aryl methyl sites for hydroxylation is 4. The molecule has 0 saturated carbocycles. The minimum Gasteiger partial charge on any atom is -0.247 e. The highest BCUT2D eigenvalue weighted by Crippen LogP contribution is 2.43. The molecule has 0 amide bonds. The van der Waals surface area contributed by atoms with Gasteiger partial charge in [0.05, 0.1) is 16.3 Å². The van der Waals surface area contributed by atoms with Crippen LogP contribution in [0.4, 0.5) is 0 Å². The highest BCUT2D eigenvalue weighted by molar-refractivity contribution is 7.13. The fourth-order valence-electron chi connectivity index (χ4n) is 3.95. The first-order chi connectivity index (χ1) is 12.0. The monoisotopic (exact) mass is 365 g/mol. The molecular weight excluding hydrogens is 342 g/mol. The number of allylic oxidation sites excluding steroid dienone is 2. The highest BCUT2D eigenvalue weighted by Gasteiger charge is 2.23. The number of pyridine rings is 1. The van der Waals surface area contributed by atoms with Gasteiger partial charge in [0.1, 0.15) is 0 Å². The second kappa shape index (κ2) is 6.54. The first-order valence-corrected chi connectivity index (χ1v) is 10.6. The Labute approximate surface area is 158 Å². The SMILES string of the molecule is Cc1cc(C2=C(c3nc(-c4cccs4)c(C)cc3C)CCC2)c(C)s1. The van der Waals surface area contributed by atoms with Crippen molar-refractivity contribution in [2.24, 2.45) is 0 Å². The lowest BCUT2D eigenvalue weighted by Crippen LogP contribution is -1.98. The average molecular weight is 366 g/mol. The average Bonchev–Trinajstić information content (AvgIpc) is 3.28. The Hall–Kier alpha value is -1.71. The Morgan fingerprint density at radius 3 is 2.36 bits per heavy atom. The number of nitrogens with zero attached hydrogens (tertiary/aromatic N) is 1. The van der Waals surface area contributed by atoms with E-state index in [1.807, 2.05) is 11.3 Å². The van der Waals surface area contributed by atoms with Gasteiger partial charge in [-0.3, -0.25) is 0 Å². The Balaban J connectivity index is 1.90. The molecule has 1 nitrogen and oxygen atoms in total. The van der Waals surface area contributed by atoms with Crippen molar-refractivity contribution >= 4 is 33.8 Å². The van der Waals surface area contributed by atoms with Crippen LogP contribution in [0.1, 0.15) is 51.4 Å². The third-order valence-electron chi connectivity index (χ3n) is 5.03. The third-order valence-corrected chi connectivity index (χ3v) is 6.87. The van der Waals surface area contributed by atoms with E-state index in [2.05, 4.69) is 57.3 Å². The number of aromatic nitrogens is 1. The standard InChI is InChI=1S/C22H23NS2/c1-13-11-14(2)22(20-9-6-10-24-20)23-21(13)18-8-5-7-17(18)19-12-15(3)25-16(19)4/h6,9-12H,5,7-8H2,1-4H3. The number of hydrogen-bond donors (Lipinski definition) is 0. The van der Waals surface area contributed by atoms with Gasteiger partial charge < -0.3 is 0 Å². The summed E-state index contributed by atoms with van der Waals surface area (Å²) in [6.07, 6.45) is 3.56. The van der Waals surface area contributed by atoms with Gasteiger partial charge in [-0.25, -0.2) is 4.98 Å². The summed E-state index contributed by atoms with van der Waals surface area (Å²) in [5.74, 6) is 0. The molecule has 3 aromatic rings. The predicted octanol–water partition coefficient (Wildman–Crippen LogP) is 7.20. The number of hydrogen-bond acceptors (Lipinski definition) is 3. The molecule has 0 aliphatic heterocycles. The van der Waals surface area contributed by atoms with Crippen LogP contribution in [-0.2, 0) is 0 Å². The minimum atomic E-state index is 1.14. The molecule has 0 unspecified atom stereocenters. The Morgan fingerprint density at radius 1 is 0.920 bits per heavy atom. The Bertz CT molecular complexity index is 958. The van der Waals surface area contributed by atoms with Crippen LogP contribution in [0, 0.1) is 27.7 Å². The largest absolute Gasteiger partial charge is 0.247 e. The van der Waals surface area contributed by atoms with Gasteiger partial charge in [0.25, 0.3) is 0 Å². The third kappa shape index (κ3) is 3.00. The molecule has 0 spiro atoms. The van der Waals surface area contributed by atoms with E-state index in [1.54, 1.807) is 11.3 Å². The van der Waals surface area contributed by atoms with Crippen molar-refractivity contribution in [1.82, 2.24) is 4.98 Å². The molecule has 0 fully saturated rings. The molecule has 3 heteroatoms. The van der Waals surface area contributed by atoms with E-state index in [1.165, 1.54) is 61.0 Å². The summed E-state index contributed by atoms with van der Waals surface area (Å²) in [5.41, 5.74) is 9.38. The van der Waals surface area contributed by atoms with Crippen LogP contribution in [0.15, 0.2) is 29.6 Å². The van der Waals surface area contributed by atoms with Crippen LogP contribution in [-0.4, -0.2) is 4.98 Å². The Morgan fingerprint density at radius 2 is 1.68 bits per heavy atom. The van der Waals surface area contributed by atoms with Crippen molar-refractivity contribution in [1.29, 1.82) is 0 Å². The zero-order valence-corrected chi connectivity index (χ0v) is 16.9. The van der Waals surface area contributed by atoms with Crippen LogP contribution < -0.4 is 0 Å². The molecule has 0 aromatic carbocycles. The van der Waals surface area contributed by atoms with Crippen molar-refractivity contribution < 1.29 is 0 Å². The van der Waals surface area contributed by atoms with Crippen molar-refractivity contribution in [3.8, 4) is 10.6 Å². The van der Waals surface area contributed by atoms with Crippen LogP contribution in [0.2, 0.25) is 0 Å². The molecule has 128 valence electrons. The van der Waals surface area contributed by atoms with Gasteiger partial charge in [0.15, 0.2) is 0 Å².